The number of nitrogens with zero attached hydrogens (tertiary/aromatic N) is 2. The van der Waals surface area contributed by atoms with Gasteiger partial charge in [-0.25, -0.2) is 13.8 Å². The summed E-state index contributed by atoms with van der Waals surface area (Å²) in [5.74, 6) is 1.11. The maximum atomic E-state index is 12.4. The predicted molar refractivity (Wildman–Crippen MR) is 108 cm³/mol. The van der Waals surface area contributed by atoms with Crippen LogP contribution < -0.4 is 23.9 Å². The largest absolute Gasteiger partial charge is 0.497 e. The summed E-state index contributed by atoms with van der Waals surface area (Å²) in [7, 11) is -2.15. The molecule has 0 bridgehead atoms. The molecule has 3 rings (SSSR count). The van der Waals surface area contributed by atoms with E-state index in [2.05, 4.69) is 10.5 Å². The van der Waals surface area contributed by atoms with Gasteiger partial charge in [-0.2, -0.15) is 5.10 Å². The number of hydrogen-bond acceptors (Lipinski definition) is 7. The first-order chi connectivity index (χ1) is 13.9. The maximum absolute atomic E-state index is 12.4. The van der Waals surface area contributed by atoms with Crippen molar-refractivity contribution in [3.05, 3.63) is 48.0 Å². The third-order valence-corrected chi connectivity index (χ3v) is 5.89. The van der Waals surface area contributed by atoms with Crippen molar-refractivity contribution in [1.82, 2.24) is 5.43 Å². The average molecular weight is 419 g/mol. The van der Waals surface area contributed by atoms with Gasteiger partial charge in [0.2, 0.25) is 16.8 Å². The second-order valence-electron chi connectivity index (χ2n) is 6.01. The van der Waals surface area contributed by atoms with E-state index in [1.165, 1.54) is 20.2 Å². The van der Waals surface area contributed by atoms with Crippen molar-refractivity contribution in [2.45, 2.75) is 6.92 Å². The van der Waals surface area contributed by atoms with Gasteiger partial charge < -0.3 is 14.2 Å². The summed E-state index contributed by atoms with van der Waals surface area (Å²) in [6.45, 7) is 1.28. The lowest BCUT2D eigenvalue weighted by Crippen LogP contribution is -2.40. The Morgan fingerprint density at radius 3 is 2.62 bits per heavy atom. The molecule has 0 atom stereocenters. The van der Waals surface area contributed by atoms with Crippen LogP contribution in [0, 0.1) is 0 Å². The average Bonchev–Trinajstić information content (AvgIpc) is 3.20. The first-order valence-corrected chi connectivity index (χ1v) is 10.4. The van der Waals surface area contributed by atoms with Crippen LogP contribution in [-0.4, -0.2) is 46.7 Å². The molecule has 0 aliphatic carbocycles. The van der Waals surface area contributed by atoms with Crippen molar-refractivity contribution in [2.24, 2.45) is 5.10 Å². The van der Waals surface area contributed by atoms with E-state index in [-0.39, 0.29) is 12.5 Å². The first kappa shape index (κ1) is 20.5. The number of benzene rings is 2. The Balaban J connectivity index is 1.68. The number of fused-ring (bicyclic) bond motifs is 1. The summed E-state index contributed by atoms with van der Waals surface area (Å²) in [4.78, 5) is 12.3. The fraction of sp³-hybridized carbons (Fsp3) is 0.263. The molecule has 10 heteroatoms. The molecule has 0 fully saturated rings. The molecule has 1 aliphatic heterocycles. The number of carbonyl (C=O) groups excluding carboxylic acids is 1. The molecule has 154 valence electrons. The van der Waals surface area contributed by atoms with Crippen LogP contribution in [0.5, 0.6) is 17.2 Å². The van der Waals surface area contributed by atoms with Crippen LogP contribution in [0.4, 0.5) is 5.69 Å². The molecule has 0 unspecified atom stereocenters. The van der Waals surface area contributed by atoms with Gasteiger partial charge in [-0.15, -0.1) is 0 Å². The van der Waals surface area contributed by atoms with Crippen LogP contribution in [0.25, 0.3) is 0 Å². The number of ether oxygens (including phenoxy) is 3. The predicted octanol–water partition coefficient (Wildman–Crippen LogP) is 1.73. The number of sulfonamides is 1. The molecular formula is C19H21N3O6S. The molecule has 1 N–H and O–H groups in total. The highest BCUT2D eigenvalue weighted by Crippen LogP contribution is 2.32. The van der Waals surface area contributed by atoms with Crippen LogP contribution in [0.3, 0.4) is 0 Å². The topological polar surface area (TPSA) is 107 Å². The van der Waals surface area contributed by atoms with E-state index >= 15 is 0 Å². The van der Waals surface area contributed by atoms with Crippen molar-refractivity contribution in [2.75, 3.05) is 30.5 Å². The summed E-state index contributed by atoms with van der Waals surface area (Å²) in [6, 6.07) is 11.6. The quantitative estimate of drug-likeness (QED) is 0.516. The smallest absolute Gasteiger partial charge is 0.260 e. The molecule has 0 saturated heterocycles. The SMILES string of the molecule is CCS(=O)(=O)N(CC(=O)N/N=C\c1ccc2c(c1)OCO2)c1ccc(OC)cc1. The second-order valence-corrected chi connectivity index (χ2v) is 8.19. The number of methoxy groups -OCH3 is 1. The highest BCUT2D eigenvalue weighted by atomic mass is 32.2. The molecule has 0 saturated carbocycles. The zero-order valence-electron chi connectivity index (χ0n) is 16.0. The molecule has 0 radical (unpaired) electrons. The molecule has 9 nitrogen and oxygen atoms in total. The maximum Gasteiger partial charge on any atom is 0.260 e. The van der Waals surface area contributed by atoms with Gasteiger partial charge in [0.25, 0.3) is 5.91 Å². The molecule has 1 aliphatic rings. The van der Waals surface area contributed by atoms with Crippen molar-refractivity contribution in [1.29, 1.82) is 0 Å². The number of hydrazone groups is 1. The van der Waals surface area contributed by atoms with Crippen LogP contribution in [0.1, 0.15) is 12.5 Å². The van der Waals surface area contributed by atoms with Gasteiger partial charge >= 0.3 is 0 Å². The van der Waals surface area contributed by atoms with Crippen molar-refractivity contribution in [3.8, 4) is 17.2 Å². The second kappa shape index (κ2) is 8.82. The van der Waals surface area contributed by atoms with E-state index in [1.54, 1.807) is 42.5 Å². The Kier molecular flexibility index (Phi) is 6.23. The van der Waals surface area contributed by atoms with Gasteiger partial charge in [0.15, 0.2) is 11.5 Å². The lowest BCUT2D eigenvalue weighted by atomic mass is 10.2. The fourth-order valence-electron chi connectivity index (χ4n) is 2.59. The molecule has 1 amide bonds. The summed E-state index contributed by atoms with van der Waals surface area (Å²) in [6.07, 6.45) is 1.44. The normalized spacial score (nSPS) is 12.8. The third-order valence-electron chi connectivity index (χ3n) is 4.15. The van der Waals surface area contributed by atoms with Crippen LogP contribution in [-0.2, 0) is 14.8 Å². The fourth-order valence-corrected chi connectivity index (χ4v) is 3.66. The van der Waals surface area contributed by atoms with E-state index in [9.17, 15) is 13.2 Å². The molecule has 2 aromatic carbocycles. The number of carbonyl (C=O) groups is 1. The zero-order valence-corrected chi connectivity index (χ0v) is 16.8. The lowest BCUT2D eigenvalue weighted by molar-refractivity contribution is -0.119. The number of hydrogen-bond donors (Lipinski definition) is 1. The van der Waals surface area contributed by atoms with Gasteiger partial charge in [-0.3, -0.25) is 9.10 Å². The third kappa shape index (κ3) is 4.96. The number of amides is 1. The van der Waals surface area contributed by atoms with Gasteiger partial charge in [-0.1, -0.05) is 0 Å². The van der Waals surface area contributed by atoms with Crippen LogP contribution in [0.15, 0.2) is 47.6 Å². The standard InChI is InChI=1S/C19H21N3O6S/c1-3-29(24,25)22(15-5-7-16(26-2)8-6-15)12-19(23)21-20-11-14-4-9-17-18(10-14)28-13-27-17/h4-11H,3,12-13H2,1-2H3,(H,21,23)/b20-11-. The summed E-state index contributed by atoms with van der Waals surface area (Å²) >= 11 is 0. The van der Waals surface area contributed by atoms with Crippen molar-refractivity contribution in [3.63, 3.8) is 0 Å². The van der Waals surface area contributed by atoms with Crippen LogP contribution >= 0.6 is 0 Å². The van der Waals surface area contributed by atoms with Crippen LogP contribution in [0.2, 0.25) is 0 Å². The number of nitrogens with one attached hydrogen (secondary N) is 1. The minimum atomic E-state index is -3.66. The molecule has 1 heterocycles. The van der Waals surface area contributed by atoms with Crippen molar-refractivity contribution < 1.29 is 27.4 Å². The molecule has 2 aromatic rings. The Bertz CT molecular complexity index is 1010. The minimum Gasteiger partial charge on any atom is -0.497 e. The van der Waals surface area contributed by atoms with E-state index in [4.69, 9.17) is 14.2 Å². The Morgan fingerprint density at radius 2 is 1.93 bits per heavy atom. The summed E-state index contributed by atoms with van der Waals surface area (Å²) in [5, 5.41) is 3.89. The number of rotatable bonds is 8. The van der Waals surface area contributed by atoms with E-state index in [0.717, 1.165) is 4.31 Å². The molecule has 29 heavy (non-hydrogen) atoms. The Hall–Kier alpha value is -3.27. The zero-order chi connectivity index (χ0) is 20.9. The van der Waals surface area contributed by atoms with Gasteiger partial charge in [0, 0.05) is 0 Å². The molecule has 0 aromatic heterocycles. The first-order valence-electron chi connectivity index (χ1n) is 8.79. The van der Waals surface area contributed by atoms with Gasteiger partial charge in [0.1, 0.15) is 12.3 Å². The molecular weight excluding hydrogens is 398 g/mol. The summed E-state index contributed by atoms with van der Waals surface area (Å²) in [5.41, 5.74) is 3.41. The van der Waals surface area contributed by atoms with E-state index < -0.39 is 22.5 Å². The van der Waals surface area contributed by atoms with E-state index in [1.807, 2.05) is 0 Å². The Morgan fingerprint density at radius 1 is 1.21 bits per heavy atom. The molecule has 0 spiro atoms. The minimum absolute atomic E-state index is 0.146. The van der Waals surface area contributed by atoms with Gasteiger partial charge in [-0.05, 0) is 55.0 Å². The van der Waals surface area contributed by atoms with Gasteiger partial charge in [0.05, 0.1) is 24.8 Å². The lowest BCUT2D eigenvalue weighted by Gasteiger charge is -2.23. The van der Waals surface area contributed by atoms with Crippen molar-refractivity contribution >= 4 is 27.8 Å². The monoisotopic (exact) mass is 419 g/mol. The highest BCUT2D eigenvalue weighted by molar-refractivity contribution is 7.92. The number of anilines is 1. The highest BCUT2D eigenvalue weighted by Gasteiger charge is 2.23. The Labute approximate surface area is 168 Å². The van der Waals surface area contributed by atoms with E-state index in [0.29, 0.717) is 28.5 Å². The summed E-state index contributed by atoms with van der Waals surface area (Å²) < 4.78 is 41.5.